The Morgan fingerprint density at radius 2 is 1.80 bits per heavy atom. The minimum Gasteiger partial charge on any atom is -0.497 e. The number of amidine groups is 1. The van der Waals surface area contributed by atoms with Gasteiger partial charge in [-0.3, -0.25) is 4.99 Å². The minimum absolute atomic E-state index is 0.00811. The standard InChI is InChI=1S/C17H24N2O/c1-12-10-11-18-16(19-17(2,3)4)15(12)13-6-8-14(20-5)9-7-13/h6-9H,10-11H2,1-5H3,(H,18,19). The second-order valence-corrected chi connectivity index (χ2v) is 6.24. The van der Waals surface area contributed by atoms with Crippen LogP contribution in [0.25, 0.3) is 5.57 Å². The van der Waals surface area contributed by atoms with Crippen LogP contribution in [0.1, 0.15) is 39.7 Å². The first-order valence-corrected chi connectivity index (χ1v) is 7.08. The molecule has 0 aliphatic carbocycles. The third-order valence-corrected chi connectivity index (χ3v) is 3.29. The maximum absolute atomic E-state index is 5.23. The lowest BCUT2D eigenvalue weighted by atomic mass is 9.94. The molecule has 0 saturated heterocycles. The van der Waals surface area contributed by atoms with Gasteiger partial charge in [0.15, 0.2) is 0 Å². The predicted octanol–water partition coefficient (Wildman–Crippen LogP) is 3.66. The molecule has 0 aromatic heterocycles. The van der Waals surface area contributed by atoms with Gasteiger partial charge in [-0.15, -0.1) is 0 Å². The quantitative estimate of drug-likeness (QED) is 0.891. The van der Waals surface area contributed by atoms with E-state index >= 15 is 0 Å². The Hall–Kier alpha value is -1.77. The Kier molecular flexibility index (Phi) is 4.17. The number of aliphatic imine (C=N–C) groups is 1. The van der Waals surface area contributed by atoms with Gasteiger partial charge in [0, 0.05) is 17.7 Å². The highest BCUT2D eigenvalue weighted by atomic mass is 16.5. The molecule has 1 heterocycles. The van der Waals surface area contributed by atoms with Crippen LogP contribution in [0.4, 0.5) is 0 Å². The molecule has 0 atom stereocenters. The van der Waals surface area contributed by atoms with Crippen molar-refractivity contribution in [3.8, 4) is 5.75 Å². The molecule has 0 fully saturated rings. The molecule has 2 rings (SSSR count). The second kappa shape index (κ2) is 5.70. The van der Waals surface area contributed by atoms with E-state index in [-0.39, 0.29) is 5.54 Å². The smallest absolute Gasteiger partial charge is 0.129 e. The van der Waals surface area contributed by atoms with Gasteiger partial charge < -0.3 is 10.1 Å². The van der Waals surface area contributed by atoms with E-state index in [0.29, 0.717) is 0 Å². The molecular weight excluding hydrogens is 248 g/mol. The van der Waals surface area contributed by atoms with E-state index in [1.165, 1.54) is 16.7 Å². The molecule has 3 nitrogen and oxygen atoms in total. The van der Waals surface area contributed by atoms with Gasteiger partial charge >= 0.3 is 0 Å². The van der Waals surface area contributed by atoms with Crippen molar-refractivity contribution in [3.63, 3.8) is 0 Å². The van der Waals surface area contributed by atoms with E-state index in [1.807, 2.05) is 12.1 Å². The van der Waals surface area contributed by atoms with E-state index in [2.05, 4.69) is 50.1 Å². The van der Waals surface area contributed by atoms with E-state index in [4.69, 9.17) is 4.74 Å². The van der Waals surface area contributed by atoms with E-state index < -0.39 is 0 Å². The lowest BCUT2D eigenvalue weighted by molar-refractivity contribution is 0.415. The molecular formula is C17H24N2O. The zero-order valence-corrected chi connectivity index (χ0v) is 13.1. The topological polar surface area (TPSA) is 33.6 Å². The third kappa shape index (κ3) is 3.41. The summed E-state index contributed by atoms with van der Waals surface area (Å²) < 4.78 is 5.23. The first kappa shape index (κ1) is 14.6. The van der Waals surface area contributed by atoms with Crippen LogP contribution in [0.2, 0.25) is 0 Å². The van der Waals surface area contributed by atoms with Gasteiger partial charge in [-0.25, -0.2) is 0 Å². The van der Waals surface area contributed by atoms with E-state index in [1.54, 1.807) is 7.11 Å². The summed E-state index contributed by atoms with van der Waals surface area (Å²) in [6.07, 6.45) is 1.02. The highest BCUT2D eigenvalue weighted by Crippen LogP contribution is 2.27. The van der Waals surface area contributed by atoms with Crippen molar-refractivity contribution in [1.82, 2.24) is 5.32 Å². The molecule has 20 heavy (non-hydrogen) atoms. The summed E-state index contributed by atoms with van der Waals surface area (Å²) in [6, 6.07) is 8.20. The number of rotatable bonds is 2. The third-order valence-electron chi connectivity index (χ3n) is 3.29. The van der Waals surface area contributed by atoms with Crippen LogP contribution in [-0.4, -0.2) is 25.0 Å². The van der Waals surface area contributed by atoms with Crippen LogP contribution in [-0.2, 0) is 0 Å². The SMILES string of the molecule is COc1ccc(C2=C(C)CCN=C2NC(C)(C)C)cc1. The maximum atomic E-state index is 5.23. The van der Waals surface area contributed by atoms with Crippen LogP contribution >= 0.6 is 0 Å². The molecule has 1 N–H and O–H groups in total. The predicted molar refractivity (Wildman–Crippen MR) is 85.4 cm³/mol. The van der Waals surface area contributed by atoms with Crippen molar-refractivity contribution < 1.29 is 4.74 Å². The molecule has 1 aromatic rings. The van der Waals surface area contributed by atoms with Gasteiger partial charge in [0.2, 0.25) is 0 Å². The fraction of sp³-hybridized carbons (Fsp3) is 0.471. The molecule has 0 unspecified atom stereocenters. The summed E-state index contributed by atoms with van der Waals surface area (Å²) in [5, 5.41) is 3.53. The largest absolute Gasteiger partial charge is 0.497 e. The number of nitrogens with one attached hydrogen (secondary N) is 1. The van der Waals surface area contributed by atoms with Crippen molar-refractivity contribution >= 4 is 11.4 Å². The molecule has 1 aromatic carbocycles. The lowest BCUT2D eigenvalue weighted by Gasteiger charge is -2.28. The molecule has 0 amide bonds. The van der Waals surface area contributed by atoms with E-state index in [0.717, 1.165) is 24.6 Å². The normalized spacial score (nSPS) is 15.9. The van der Waals surface area contributed by atoms with Crippen molar-refractivity contribution in [2.24, 2.45) is 4.99 Å². The number of benzene rings is 1. The monoisotopic (exact) mass is 272 g/mol. The minimum atomic E-state index is 0.00811. The number of hydrogen-bond acceptors (Lipinski definition) is 3. The number of ether oxygens (including phenoxy) is 1. The summed E-state index contributed by atoms with van der Waals surface area (Å²) in [5.74, 6) is 1.89. The average Bonchev–Trinajstić information content (AvgIpc) is 2.37. The summed E-state index contributed by atoms with van der Waals surface area (Å²) in [4.78, 5) is 4.68. The van der Waals surface area contributed by atoms with Crippen LogP contribution in [0.3, 0.4) is 0 Å². The highest BCUT2D eigenvalue weighted by molar-refractivity contribution is 6.24. The zero-order chi connectivity index (χ0) is 14.8. The lowest BCUT2D eigenvalue weighted by Crippen LogP contribution is -2.42. The van der Waals surface area contributed by atoms with Gasteiger partial charge in [-0.2, -0.15) is 0 Å². The zero-order valence-electron chi connectivity index (χ0n) is 13.1. The fourth-order valence-corrected chi connectivity index (χ4v) is 2.34. The Bertz CT molecular complexity index is 533. The van der Waals surface area contributed by atoms with Gasteiger partial charge in [-0.1, -0.05) is 17.7 Å². The number of nitrogens with zero attached hydrogens (tertiary/aromatic N) is 1. The Labute approximate surface area is 121 Å². The number of hydrogen-bond donors (Lipinski definition) is 1. The van der Waals surface area contributed by atoms with Gasteiger partial charge in [0.25, 0.3) is 0 Å². The molecule has 1 aliphatic rings. The van der Waals surface area contributed by atoms with Crippen molar-refractivity contribution in [1.29, 1.82) is 0 Å². The highest BCUT2D eigenvalue weighted by Gasteiger charge is 2.21. The van der Waals surface area contributed by atoms with Crippen molar-refractivity contribution in [3.05, 3.63) is 35.4 Å². The Morgan fingerprint density at radius 1 is 1.15 bits per heavy atom. The molecule has 1 aliphatic heterocycles. The van der Waals surface area contributed by atoms with E-state index in [9.17, 15) is 0 Å². The molecule has 0 spiro atoms. The summed E-state index contributed by atoms with van der Waals surface area (Å²) in [6.45, 7) is 9.53. The molecule has 0 saturated carbocycles. The first-order chi connectivity index (χ1) is 9.40. The van der Waals surface area contributed by atoms with Gasteiger partial charge in [-0.05, 0) is 51.8 Å². The van der Waals surface area contributed by atoms with Crippen LogP contribution in [0.15, 0.2) is 34.8 Å². The molecule has 108 valence electrons. The van der Waals surface area contributed by atoms with Crippen LogP contribution < -0.4 is 10.1 Å². The summed E-state index contributed by atoms with van der Waals surface area (Å²) in [5.41, 5.74) is 3.82. The number of dihydropyridines is 1. The molecule has 0 radical (unpaired) electrons. The van der Waals surface area contributed by atoms with Crippen molar-refractivity contribution in [2.75, 3.05) is 13.7 Å². The second-order valence-electron chi connectivity index (χ2n) is 6.24. The average molecular weight is 272 g/mol. The van der Waals surface area contributed by atoms with Crippen LogP contribution in [0.5, 0.6) is 5.75 Å². The summed E-state index contributed by atoms with van der Waals surface area (Å²) in [7, 11) is 1.69. The number of methoxy groups -OCH3 is 1. The molecule has 3 heteroatoms. The maximum Gasteiger partial charge on any atom is 0.129 e. The summed E-state index contributed by atoms with van der Waals surface area (Å²) >= 11 is 0. The van der Waals surface area contributed by atoms with Gasteiger partial charge in [0.1, 0.15) is 11.6 Å². The Balaban J connectivity index is 2.36. The van der Waals surface area contributed by atoms with Gasteiger partial charge in [0.05, 0.1) is 7.11 Å². The first-order valence-electron chi connectivity index (χ1n) is 7.08. The van der Waals surface area contributed by atoms with Crippen molar-refractivity contribution in [2.45, 2.75) is 39.7 Å². The van der Waals surface area contributed by atoms with Crippen LogP contribution in [0, 0.1) is 0 Å². The Morgan fingerprint density at radius 3 is 2.35 bits per heavy atom. The fourth-order valence-electron chi connectivity index (χ4n) is 2.34. The molecule has 0 bridgehead atoms.